The van der Waals surface area contributed by atoms with Crippen molar-refractivity contribution in [1.29, 1.82) is 0 Å². The summed E-state index contributed by atoms with van der Waals surface area (Å²) in [5.74, 6) is 0.539. The van der Waals surface area contributed by atoms with Crippen molar-refractivity contribution < 1.29 is 21.6 Å². The van der Waals surface area contributed by atoms with Gasteiger partial charge in [0.05, 0.1) is 10.5 Å². The predicted octanol–water partition coefficient (Wildman–Crippen LogP) is 4.67. The first-order valence-corrected chi connectivity index (χ1v) is 12.5. The number of halogens is 3. The highest BCUT2D eigenvalue weighted by molar-refractivity contribution is 7.90. The summed E-state index contributed by atoms with van der Waals surface area (Å²) in [4.78, 5) is 8.59. The number of alkyl halides is 3. The Bertz CT molecular complexity index is 1130. The first kappa shape index (κ1) is 25.0. The zero-order chi connectivity index (χ0) is 24.4. The molecule has 0 bridgehead atoms. The summed E-state index contributed by atoms with van der Waals surface area (Å²) in [6.07, 6.45) is -0.339. The van der Waals surface area contributed by atoms with E-state index in [0.717, 1.165) is 42.1 Å². The second kappa shape index (κ2) is 9.69. The molecule has 1 saturated heterocycles. The van der Waals surface area contributed by atoms with Crippen LogP contribution in [0.2, 0.25) is 0 Å². The van der Waals surface area contributed by atoms with Crippen LogP contribution >= 0.6 is 0 Å². The van der Waals surface area contributed by atoms with Crippen molar-refractivity contribution in [3.63, 3.8) is 0 Å². The Labute approximate surface area is 193 Å². The van der Waals surface area contributed by atoms with Gasteiger partial charge < -0.3 is 4.90 Å². The van der Waals surface area contributed by atoms with Gasteiger partial charge in [-0.1, -0.05) is 24.8 Å². The number of anilines is 1. The minimum absolute atomic E-state index is 0.0726. The van der Waals surface area contributed by atoms with Crippen molar-refractivity contribution in [2.75, 3.05) is 37.3 Å². The average Bonchev–Trinajstić information content (AvgIpc) is 2.76. The second-order valence-corrected chi connectivity index (χ2v) is 10.3. The molecule has 2 aromatic rings. The van der Waals surface area contributed by atoms with E-state index in [2.05, 4.69) is 16.5 Å². The molecule has 1 fully saturated rings. The minimum Gasteiger partial charge on any atom is -0.351 e. The zero-order valence-corrected chi connectivity index (χ0v) is 19.7. The van der Waals surface area contributed by atoms with E-state index in [-0.39, 0.29) is 10.9 Å². The van der Waals surface area contributed by atoms with Crippen LogP contribution in [0.5, 0.6) is 0 Å². The topological polar surface area (TPSA) is 53.5 Å². The number of rotatable bonds is 6. The molecule has 9 heteroatoms. The van der Waals surface area contributed by atoms with Gasteiger partial charge >= 0.3 is 6.18 Å². The molecule has 1 aliphatic heterocycles. The Morgan fingerprint density at radius 2 is 1.85 bits per heavy atom. The molecule has 2 heterocycles. The third-order valence-corrected chi connectivity index (χ3v) is 6.97. The van der Waals surface area contributed by atoms with Crippen LogP contribution in [0, 0.1) is 0 Å². The van der Waals surface area contributed by atoms with Crippen LogP contribution < -0.4 is 4.90 Å². The molecule has 1 aliphatic rings. The Balaban J connectivity index is 1.64. The van der Waals surface area contributed by atoms with Crippen molar-refractivity contribution in [2.45, 2.75) is 31.0 Å². The molecule has 178 valence electrons. The van der Waals surface area contributed by atoms with Gasteiger partial charge in [-0.25, -0.2) is 13.4 Å². The maximum absolute atomic E-state index is 12.8. The van der Waals surface area contributed by atoms with E-state index in [1.807, 2.05) is 24.8 Å². The van der Waals surface area contributed by atoms with Gasteiger partial charge in [-0.05, 0) is 54.8 Å². The molecule has 0 spiro atoms. The molecule has 0 radical (unpaired) electrons. The van der Waals surface area contributed by atoms with E-state index in [0.29, 0.717) is 18.9 Å². The van der Waals surface area contributed by atoms with Crippen LogP contribution in [0.15, 0.2) is 65.7 Å². The smallest absolute Gasteiger partial charge is 0.351 e. The normalized spacial score (nSPS) is 18.4. The molecular formula is C24H28F3N3O2S. The first-order valence-electron chi connectivity index (χ1n) is 10.6. The molecule has 5 nitrogen and oxygen atoms in total. The number of piperazine rings is 1. The first-order chi connectivity index (χ1) is 15.4. The maximum atomic E-state index is 12.8. The maximum Gasteiger partial charge on any atom is 0.417 e. The van der Waals surface area contributed by atoms with Gasteiger partial charge in [-0.3, -0.25) is 4.90 Å². The molecule has 3 rings (SSSR count). The number of allylic oxidation sites excluding steroid dienone is 1. The highest BCUT2D eigenvalue weighted by Crippen LogP contribution is 2.30. The van der Waals surface area contributed by atoms with Crippen LogP contribution in [0.3, 0.4) is 0 Å². The number of benzene rings is 1. The fourth-order valence-electron chi connectivity index (χ4n) is 3.93. The number of nitrogens with zero attached hydrogens (tertiary/aromatic N) is 3. The van der Waals surface area contributed by atoms with Crippen LogP contribution in [0.1, 0.15) is 25.0 Å². The zero-order valence-electron chi connectivity index (χ0n) is 18.9. The van der Waals surface area contributed by atoms with E-state index in [1.165, 1.54) is 12.3 Å². The molecule has 0 N–H and O–H groups in total. The number of aromatic nitrogens is 1. The predicted molar refractivity (Wildman–Crippen MR) is 125 cm³/mol. The van der Waals surface area contributed by atoms with Gasteiger partial charge in [0.25, 0.3) is 0 Å². The van der Waals surface area contributed by atoms with Crippen molar-refractivity contribution in [3.05, 3.63) is 72.0 Å². The number of sulfone groups is 1. The Morgan fingerprint density at radius 3 is 2.33 bits per heavy atom. The quantitative estimate of drug-likeness (QED) is 0.564. The lowest BCUT2D eigenvalue weighted by Gasteiger charge is -2.41. The van der Waals surface area contributed by atoms with Gasteiger partial charge in [0.2, 0.25) is 0 Å². The van der Waals surface area contributed by atoms with Crippen molar-refractivity contribution in [2.24, 2.45) is 0 Å². The monoisotopic (exact) mass is 479 g/mol. The molecule has 0 saturated carbocycles. The number of hydrogen-bond donors (Lipinski definition) is 0. The van der Waals surface area contributed by atoms with E-state index in [1.54, 1.807) is 24.3 Å². The van der Waals surface area contributed by atoms with Crippen LogP contribution in [0.4, 0.5) is 19.0 Å². The molecule has 0 amide bonds. The summed E-state index contributed by atoms with van der Waals surface area (Å²) in [5, 5.41) is 0. The summed E-state index contributed by atoms with van der Waals surface area (Å²) < 4.78 is 61.8. The molecule has 1 aromatic carbocycles. The molecule has 1 aromatic heterocycles. The van der Waals surface area contributed by atoms with Gasteiger partial charge in [-0.2, -0.15) is 13.2 Å². The fraction of sp³-hybridized carbons (Fsp3) is 0.375. The molecule has 0 unspecified atom stereocenters. The van der Waals surface area contributed by atoms with Crippen LogP contribution in [0.25, 0.3) is 5.57 Å². The lowest BCUT2D eigenvalue weighted by Crippen LogP contribution is -2.52. The van der Waals surface area contributed by atoms with E-state index in [9.17, 15) is 21.6 Å². The van der Waals surface area contributed by atoms with Gasteiger partial charge in [0, 0.05) is 44.7 Å². The summed E-state index contributed by atoms with van der Waals surface area (Å²) >= 11 is 0. The molecular weight excluding hydrogens is 451 g/mol. The highest BCUT2D eigenvalue weighted by atomic mass is 32.2. The Hall–Kier alpha value is -2.65. The summed E-state index contributed by atoms with van der Waals surface area (Å²) in [6.45, 7) is 10.9. The minimum atomic E-state index is -4.40. The van der Waals surface area contributed by atoms with E-state index >= 15 is 0 Å². The van der Waals surface area contributed by atoms with Crippen molar-refractivity contribution in [1.82, 2.24) is 9.88 Å². The highest BCUT2D eigenvalue weighted by Gasteiger charge is 2.31. The number of hydrogen-bond acceptors (Lipinski definition) is 5. The third kappa shape index (κ3) is 6.03. The lowest BCUT2D eigenvalue weighted by atomic mass is 9.98. The SMILES string of the molecule is C=C(/C(=C\C)CN1CCN(c2ccc(C(F)(F)F)cn2)[C@H](C)C1)c1ccc(S(C)(=O)=O)cc1. The standard InChI is InChI=1S/C24H28F3N3O2S/c1-5-19(18(3)20-6-9-22(10-7-20)33(4,31)32)16-29-12-13-30(17(2)15-29)23-11-8-21(14-28-23)24(25,26)27/h5-11,14,17H,3,12-13,15-16H2,1-2,4H3/b19-5-/t17-/m1/s1. The Morgan fingerprint density at radius 1 is 1.18 bits per heavy atom. The van der Waals surface area contributed by atoms with E-state index in [4.69, 9.17) is 0 Å². The third-order valence-electron chi connectivity index (χ3n) is 5.84. The molecule has 1 atom stereocenters. The average molecular weight is 480 g/mol. The van der Waals surface area contributed by atoms with E-state index < -0.39 is 21.6 Å². The van der Waals surface area contributed by atoms with Gasteiger partial charge in [-0.15, -0.1) is 0 Å². The van der Waals surface area contributed by atoms with Gasteiger partial charge in [0.15, 0.2) is 9.84 Å². The summed E-state index contributed by atoms with van der Waals surface area (Å²) in [7, 11) is -3.26. The fourth-order valence-corrected chi connectivity index (χ4v) is 4.56. The van der Waals surface area contributed by atoms with Crippen LogP contribution in [-0.2, 0) is 16.0 Å². The van der Waals surface area contributed by atoms with Crippen LogP contribution in [-0.4, -0.2) is 56.8 Å². The van der Waals surface area contributed by atoms with Gasteiger partial charge in [0.1, 0.15) is 5.82 Å². The summed E-state index contributed by atoms with van der Waals surface area (Å²) in [5.41, 5.74) is 1.97. The summed E-state index contributed by atoms with van der Waals surface area (Å²) in [6, 6.07) is 9.26. The number of pyridine rings is 1. The Kier molecular flexibility index (Phi) is 7.33. The molecule has 33 heavy (non-hydrogen) atoms. The van der Waals surface area contributed by atoms with Crippen molar-refractivity contribution in [3.8, 4) is 0 Å². The largest absolute Gasteiger partial charge is 0.417 e. The second-order valence-electron chi connectivity index (χ2n) is 8.27. The lowest BCUT2D eigenvalue weighted by molar-refractivity contribution is -0.137. The van der Waals surface area contributed by atoms with Crippen molar-refractivity contribution >= 4 is 21.2 Å². The molecule has 0 aliphatic carbocycles.